The molecule has 0 aromatic rings. The van der Waals surface area contributed by atoms with Crippen molar-refractivity contribution in [1.82, 2.24) is 0 Å². The first-order chi connectivity index (χ1) is 8.76. The molecule has 3 aliphatic carbocycles. The summed E-state index contributed by atoms with van der Waals surface area (Å²) in [5.41, 5.74) is 1.07. The summed E-state index contributed by atoms with van der Waals surface area (Å²) in [6.45, 7) is 0. The predicted molar refractivity (Wildman–Crippen MR) is 64.7 cm³/mol. The van der Waals surface area contributed by atoms with Crippen molar-refractivity contribution in [3.63, 3.8) is 0 Å². The quantitative estimate of drug-likeness (QED) is 0.606. The minimum Gasteiger partial charge on any atom is -0.299 e. The van der Waals surface area contributed by atoms with Crippen LogP contribution in [0.3, 0.4) is 0 Å². The van der Waals surface area contributed by atoms with E-state index in [1.54, 1.807) is 0 Å². The van der Waals surface area contributed by atoms with Gasteiger partial charge in [-0.3, -0.25) is 4.79 Å². The highest BCUT2D eigenvalue weighted by molar-refractivity contribution is 5.85. The van der Waals surface area contributed by atoms with Gasteiger partial charge in [-0.25, -0.2) is 0 Å². The molecular weight excluding hydrogens is 224 g/mol. The lowest BCUT2D eigenvalue weighted by Gasteiger charge is -2.33. The zero-order valence-electron chi connectivity index (χ0n) is 9.84. The van der Waals surface area contributed by atoms with Crippen LogP contribution in [0.2, 0.25) is 0 Å². The second kappa shape index (κ2) is 3.96. The van der Waals surface area contributed by atoms with Gasteiger partial charge < -0.3 is 0 Å². The molecule has 18 heavy (non-hydrogen) atoms. The topological polar surface area (TPSA) is 64.7 Å². The smallest absolute Gasteiger partial charge is 0.137 e. The molecule has 0 radical (unpaired) electrons. The number of allylic oxidation sites excluding steroid dienone is 6. The van der Waals surface area contributed by atoms with Crippen LogP contribution in [0, 0.1) is 46.3 Å². The van der Waals surface area contributed by atoms with Crippen LogP contribution < -0.4 is 0 Å². The summed E-state index contributed by atoms with van der Waals surface area (Å²) in [6.07, 6.45) is 9.42. The van der Waals surface area contributed by atoms with Gasteiger partial charge in [0.05, 0.1) is 0 Å². The van der Waals surface area contributed by atoms with E-state index in [2.05, 4.69) is 0 Å². The summed E-state index contributed by atoms with van der Waals surface area (Å²) in [6, 6.07) is 4.00. The molecule has 88 valence electrons. The van der Waals surface area contributed by atoms with Gasteiger partial charge in [-0.05, 0) is 17.9 Å². The standard InChI is InChI=1S/C15H12N2O/c16-7-10(8-17)15-11-3-1-2-4-12(15)13-5-9(11)6-14(13)18/h1-4,9,11-13H,5-6H2/t9-,11-,12+,13-/m1/s1. The van der Waals surface area contributed by atoms with Gasteiger partial charge in [-0.1, -0.05) is 24.3 Å². The van der Waals surface area contributed by atoms with Gasteiger partial charge in [0.25, 0.3) is 0 Å². The van der Waals surface area contributed by atoms with Crippen molar-refractivity contribution in [2.45, 2.75) is 12.8 Å². The lowest BCUT2D eigenvalue weighted by atomic mass is 9.68. The Morgan fingerprint density at radius 2 is 1.83 bits per heavy atom. The Labute approximate surface area is 106 Å². The first-order valence-corrected chi connectivity index (χ1v) is 6.18. The molecule has 0 spiro atoms. The van der Waals surface area contributed by atoms with Crippen LogP contribution in [0.4, 0.5) is 0 Å². The third-order valence-corrected chi connectivity index (χ3v) is 4.35. The molecule has 2 saturated carbocycles. The molecule has 0 aromatic carbocycles. The number of hydrogen-bond acceptors (Lipinski definition) is 3. The van der Waals surface area contributed by atoms with E-state index in [-0.39, 0.29) is 29.2 Å². The van der Waals surface area contributed by atoms with E-state index in [1.165, 1.54) is 0 Å². The molecule has 3 heteroatoms. The third-order valence-electron chi connectivity index (χ3n) is 4.35. The highest BCUT2D eigenvalue weighted by atomic mass is 16.1. The average molecular weight is 236 g/mol. The minimum atomic E-state index is -0.0504. The van der Waals surface area contributed by atoms with Gasteiger partial charge in [0.2, 0.25) is 0 Å². The maximum absolute atomic E-state index is 12.0. The van der Waals surface area contributed by atoms with E-state index >= 15 is 0 Å². The summed E-state index contributed by atoms with van der Waals surface area (Å²) < 4.78 is 0. The van der Waals surface area contributed by atoms with Crippen LogP contribution in [0.25, 0.3) is 0 Å². The molecule has 0 saturated heterocycles. The molecule has 3 aliphatic rings. The van der Waals surface area contributed by atoms with E-state index < -0.39 is 0 Å². The molecule has 0 aromatic heterocycles. The highest BCUT2D eigenvalue weighted by Crippen LogP contribution is 2.52. The molecule has 3 rings (SSSR count). The first-order valence-electron chi connectivity index (χ1n) is 6.18. The van der Waals surface area contributed by atoms with E-state index in [1.807, 2.05) is 36.4 Å². The van der Waals surface area contributed by atoms with Crippen LogP contribution in [-0.4, -0.2) is 5.78 Å². The van der Waals surface area contributed by atoms with Crippen LogP contribution in [0.15, 0.2) is 35.5 Å². The second-order valence-corrected chi connectivity index (χ2v) is 5.15. The number of nitriles is 2. The molecule has 0 heterocycles. The van der Waals surface area contributed by atoms with Crippen LogP contribution in [0.1, 0.15) is 12.8 Å². The number of rotatable bonds is 0. The second-order valence-electron chi connectivity index (χ2n) is 5.15. The fourth-order valence-electron chi connectivity index (χ4n) is 3.62. The van der Waals surface area contributed by atoms with Crippen LogP contribution >= 0.6 is 0 Å². The summed E-state index contributed by atoms with van der Waals surface area (Å²) in [7, 11) is 0. The highest BCUT2D eigenvalue weighted by Gasteiger charge is 2.49. The Bertz CT molecular complexity index is 567. The lowest BCUT2D eigenvalue weighted by molar-refractivity contribution is -0.121. The molecule has 0 amide bonds. The van der Waals surface area contributed by atoms with E-state index in [0.29, 0.717) is 12.2 Å². The Morgan fingerprint density at radius 1 is 1.17 bits per heavy atom. The summed E-state index contributed by atoms with van der Waals surface area (Å²) in [5.74, 6) is 0.587. The normalized spacial score (nSPS) is 35.9. The van der Waals surface area contributed by atoms with Gasteiger partial charge >= 0.3 is 0 Å². The zero-order valence-corrected chi connectivity index (χ0v) is 9.84. The Kier molecular flexibility index (Phi) is 2.42. The summed E-state index contributed by atoms with van der Waals surface area (Å²) in [4.78, 5) is 12.0. The predicted octanol–water partition coefficient (Wildman–Crippen LogP) is 2.30. The minimum absolute atomic E-state index is 0.0194. The van der Waals surface area contributed by atoms with Gasteiger partial charge in [0.15, 0.2) is 0 Å². The number of nitrogens with zero attached hydrogens (tertiary/aromatic N) is 2. The monoisotopic (exact) mass is 236 g/mol. The number of Topliss-reactive ketones (excluding diaryl/α,β-unsaturated/α-hetero) is 1. The maximum atomic E-state index is 12.0. The maximum Gasteiger partial charge on any atom is 0.137 e. The number of carbonyl (C=O) groups excluding carboxylic acids is 1. The van der Waals surface area contributed by atoms with E-state index in [0.717, 1.165) is 12.0 Å². The Morgan fingerprint density at radius 3 is 2.50 bits per heavy atom. The molecule has 0 N–H and O–H groups in total. The molecule has 2 fully saturated rings. The fraction of sp³-hybridized carbons (Fsp3) is 0.400. The lowest BCUT2D eigenvalue weighted by Crippen LogP contribution is -2.28. The Balaban J connectivity index is 2.22. The van der Waals surface area contributed by atoms with E-state index in [9.17, 15) is 4.79 Å². The van der Waals surface area contributed by atoms with Crippen LogP contribution in [0.5, 0.6) is 0 Å². The van der Waals surface area contributed by atoms with E-state index in [4.69, 9.17) is 10.5 Å². The van der Waals surface area contributed by atoms with Crippen molar-refractivity contribution in [3.8, 4) is 12.1 Å². The number of fused-ring (bicyclic) bond motifs is 6. The van der Waals surface area contributed by atoms with Crippen molar-refractivity contribution in [1.29, 1.82) is 10.5 Å². The van der Waals surface area contributed by atoms with Crippen LogP contribution in [-0.2, 0) is 4.79 Å². The molecule has 4 atom stereocenters. The SMILES string of the molecule is N#CC(C#N)=C1[C@H]2C=CC=C[C@@H]1[C@H]1CC(=O)[C@@H]2C1. The summed E-state index contributed by atoms with van der Waals surface area (Å²) >= 11 is 0. The van der Waals surface area contributed by atoms with Gasteiger partial charge in [-0.2, -0.15) is 10.5 Å². The molecule has 3 nitrogen and oxygen atoms in total. The molecule has 0 aliphatic heterocycles. The fourth-order valence-corrected chi connectivity index (χ4v) is 3.62. The Hall–Kier alpha value is -2.13. The zero-order chi connectivity index (χ0) is 12.7. The van der Waals surface area contributed by atoms with Crippen molar-refractivity contribution in [2.75, 3.05) is 0 Å². The largest absolute Gasteiger partial charge is 0.299 e. The number of ketones is 1. The van der Waals surface area contributed by atoms with Crippen molar-refractivity contribution in [3.05, 3.63) is 35.5 Å². The molecular formula is C15H12N2O. The van der Waals surface area contributed by atoms with Gasteiger partial charge in [-0.15, -0.1) is 0 Å². The van der Waals surface area contributed by atoms with Crippen molar-refractivity contribution in [2.24, 2.45) is 23.7 Å². The number of carbonyl (C=O) groups is 1. The van der Waals surface area contributed by atoms with Crippen molar-refractivity contribution < 1.29 is 4.79 Å². The molecule has 0 unspecified atom stereocenters. The van der Waals surface area contributed by atoms with Gasteiger partial charge in [0, 0.05) is 24.2 Å². The van der Waals surface area contributed by atoms with Gasteiger partial charge in [0.1, 0.15) is 23.5 Å². The average Bonchev–Trinajstić information content (AvgIpc) is 2.61. The first kappa shape index (κ1) is 11.0. The molecule has 4 bridgehead atoms. The summed E-state index contributed by atoms with van der Waals surface area (Å²) in [5, 5.41) is 18.2. The number of hydrogen-bond donors (Lipinski definition) is 0. The van der Waals surface area contributed by atoms with Crippen molar-refractivity contribution >= 4 is 5.78 Å². The third kappa shape index (κ3) is 1.38.